The van der Waals surface area contributed by atoms with Crippen LogP contribution in [0.2, 0.25) is 0 Å². The summed E-state index contributed by atoms with van der Waals surface area (Å²) in [5.74, 6) is 1.01. The highest BCUT2D eigenvalue weighted by atomic mass is 16.5. The fraction of sp³-hybridized carbons (Fsp3) is 0.688. The number of nitrogens with two attached hydrogens (primary N) is 1. The Bertz CT molecular complexity index is 523. The van der Waals surface area contributed by atoms with E-state index in [-0.39, 0.29) is 11.8 Å². The van der Waals surface area contributed by atoms with Gasteiger partial charge in [0.25, 0.3) is 0 Å². The Hall–Kier alpha value is -1.53. The van der Waals surface area contributed by atoms with Crippen molar-refractivity contribution in [2.75, 3.05) is 13.2 Å². The minimum Gasteiger partial charge on any atom is -0.381 e. The highest BCUT2D eigenvalue weighted by Crippen LogP contribution is 2.27. The van der Waals surface area contributed by atoms with Crippen molar-refractivity contribution in [3.05, 3.63) is 23.8 Å². The second-order valence-corrected chi connectivity index (χ2v) is 6.37. The number of nitrogens with one attached hydrogen (secondary N) is 1. The Balaban J connectivity index is 1.59. The molecule has 1 saturated heterocycles. The molecule has 1 aliphatic heterocycles. The molecule has 1 amide bonds. The highest BCUT2D eigenvalue weighted by Gasteiger charge is 2.36. The van der Waals surface area contributed by atoms with Crippen LogP contribution in [-0.2, 0) is 16.1 Å². The summed E-state index contributed by atoms with van der Waals surface area (Å²) in [5.41, 5.74) is 6.29. The van der Waals surface area contributed by atoms with Crippen LogP contribution in [-0.4, -0.2) is 34.6 Å². The summed E-state index contributed by atoms with van der Waals surface area (Å²) in [4.78, 5) is 21.2. The number of carbonyl (C=O) groups is 1. The van der Waals surface area contributed by atoms with Gasteiger partial charge in [-0.1, -0.05) is 12.8 Å². The van der Waals surface area contributed by atoms with E-state index in [0.29, 0.717) is 13.2 Å². The average Bonchev–Trinajstić information content (AvgIpc) is 3.02. The first-order valence-electron chi connectivity index (χ1n) is 8.14. The van der Waals surface area contributed by atoms with Crippen molar-refractivity contribution in [2.24, 2.45) is 5.73 Å². The molecule has 120 valence electrons. The molecule has 0 unspecified atom stereocenters. The number of carbonyl (C=O) groups excluding carboxylic acids is 1. The van der Waals surface area contributed by atoms with Gasteiger partial charge in [0.05, 0.1) is 24.4 Å². The largest absolute Gasteiger partial charge is 0.381 e. The molecule has 0 aromatic carbocycles. The molecule has 2 aliphatic rings. The van der Waals surface area contributed by atoms with Crippen LogP contribution in [0.1, 0.15) is 56.0 Å². The molecule has 0 bridgehead atoms. The molecule has 1 aromatic heterocycles. The normalized spacial score (nSPS) is 24.1. The minimum absolute atomic E-state index is 0.0637. The Kier molecular flexibility index (Phi) is 4.69. The van der Waals surface area contributed by atoms with Crippen molar-refractivity contribution >= 4 is 5.91 Å². The van der Waals surface area contributed by atoms with E-state index >= 15 is 0 Å². The smallest absolute Gasteiger partial charge is 0.240 e. The van der Waals surface area contributed by atoms with E-state index in [2.05, 4.69) is 15.3 Å². The first kappa shape index (κ1) is 15.4. The first-order valence-corrected chi connectivity index (χ1v) is 8.14. The summed E-state index contributed by atoms with van der Waals surface area (Å²) >= 11 is 0. The Morgan fingerprint density at radius 2 is 2.23 bits per heavy atom. The van der Waals surface area contributed by atoms with Crippen LogP contribution in [0, 0.1) is 0 Å². The first-order chi connectivity index (χ1) is 10.7. The second kappa shape index (κ2) is 6.71. The molecule has 6 heteroatoms. The van der Waals surface area contributed by atoms with Crippen LogP contribution in [0.15, 0.2) is 12.3 Å². The van der Waals surface area contributed by atoms with E-state index < -0.39 is 5.54 Å². The lowest BCUT2D eigenvalue weighted by Crippen LogP contribution is -2.51. The fourth-order valence-electron chi connectivity index (χ4n) is 3.23. The zero-order valence-corrected chi connectivity index (χ0v) is 12.9. The number of rotatable bonds is 4. The molecule has 22 heavy (non-hydrogen) atoms. The SMILES string of the molecule is NC1(C(=O)NCc2ccnc([C@@H]3CCCOC3)n2)CCCC1. The average molecular weight is 304 g/mol. The van der Waals surface area contributed by atoms with Crippen molar-refractivity contribution in [3.63, 3.8) is 0 Å². The second-order valence-electron chi connectivity index (χ2n) is 6.37. The van der Waals surface area contributed by atoms with E-state index in [4.69, 9.17) is 10.5 Å². The predicted octanol–water partition coefficient (Wildman–Crippen LogP) is 1.26. The van der Waals surface area contributed by atoms with E-state index in [1.807, 2.05) is 6.07 Å². The maximum absolute atomic E-state index is 12.2. The maximum atomic E-state index is 12.2. The quantitative estimate of drug-likeness (QED) is 0.874. The number of aromatic nitrogens is 2. The van der Waals surface area contributed by atoms with Gasteiger partial charge in [0.15, 0.2) is 0 Å². The van der Waals surface area contributed by atoms with Gasteiger partial charge in [0.2, 0.25) is 5.91 Å². The number of hydrogen-bond acceptors (Lipinski definition) is 5. The summed E-state index contributed by atoms with van der Waals surface area (Å²) < 4.78 is 5.49. The van der Waals surface area contributed by atoms with Gasteiger partial charge in [-0.15, -0.1) is 0 Å². The van der Waals surface area contributed by atoms with Crippen LogP contribution in [0.5, 0.6) is 0 Å². The van der Waals surface area contributed by atoms with Crippen molar-refractivity contribution in [1.29, 1.82) is 0 Å². The molecule has 0 spiro atoms. The van der Waals surface area contributed by atoms with Gasteiger partial charge < -0.3 is 15.8 Å². The van der Waals surface area contributed by atoms with Crippen molar-refractivity contribution in [3.8, 4) is 0 Å². The molecule has 1 atom stereocenters. The van der Waals surface area contributed by atoms with Gasteiger partial charge in [-0.2, -0.15) is 0 Å². The third-order valence-corrected chi connectivity index (χ3v) is 4.64. The molecule has 3 rings (SSSR count). The number of amides is 1. The monoisotopic (exact) mass is 304 g/mol. The fourth-order valence-corrected chi connectivity index (χ4v) is 3.23. The lowest BCUT2D eigenvalue weighted by Gasteiger charge is -2.23. The van der Waals surface area contributed by atoms with Crippen LogP contribution < -0.4 is 11.1 Å². The molecule has 6 nitrogen and oxygen atoms in total. The number of nitrogens with zero attached hydrogens (tertiary/aromatic N) is 2. The Morgan fingerprint density at radius 3 is 2.95 bits per heavy atom. The Morgan fingerprint density at radius 1 is 1.41 bits per heavy atom. The minimum atomic E-state index is -0.687. The molecule has 1 aromatic rings. The van der Waals surface area contributed by atoms with Crippen molar-refractivity contribution < 1.29 is 9.53 Å². The van der Waals surface area contributed by atoms with Gasteiger partial charge in [0.1, 0.15) is 5.82 Å². The van der Waals surface area contributed by atoms with E-state index in [0.717, 1.165) is 56.7 Å². The van der Waals surface area contributed by atoms with Crippen molar-refractivity contribution in [2.45, 2.75) is 56.5 Å². The summed E-state index contributed by atoms with van der Waals surface area (Å²) in [6, 6.07) is 1.84. The van der Waals surface area contributed by atoms with E-state index in [9.17, 15) is 4.79 Å². The van der Waals surface area contributed by atoms with Crippen LogP contribution in [0.3, 0.4) is 0 Å². The zero-order valence-electron chi connectivity index (χ0n) is 12.9. The zero-order chi connectivity index (χ0) is 15.4. The summed E-state index contributed by atoms with van der Waals surface area (Å²) in [6.45, 7) is 1.91. The summed E-state index contributed by atoms with van der Waals surface area (Å²) in [5, 5.41) is 2.93. The highest BCUT2D eigenvalue weighted by molar-refractivity contribution is 5.86. The van der Waals surface area contributed by atoms with Gasteiger partial charge in [-0.25, -0.2) is 9.97 Å². The maximum Gasteiger partial charge on any atom is 0.240 e. The van der Waals surface area contributed by atoms with Gasteiger partial charge in [0, 0.05) is 18.7 Å². The predicted molar refractivity (Wildman–Crippen MR) is 82.1 cm³/mol. The lowest BCUT2D eigenvalue weighted by atomic mass is 9.98. The van der Waals surface area contributed by atoms with Crippen LogP contribution >= 0.6 is 0 Å². The molecule has 3 N–H and O–H groups in total. The van der Waals surface area contributed by atoms with Crippen LogP contribution in [0.4, 0.5) is 0 Å². The van der Waals surface area contributed by atoms with Gasteiger partial charge >= 0.3 is 0 Å². The van der Waals surface area contributed by atoms with Gasteiger partial charge in [-0.05, 0) is 31.7 Å². The molecule has 2 heterocycles. The molecule has 0 radical (unpaired) electrons. The molecular weight excluding hydrogens is 280 g/mol. The molecule has 2 fully saturated rings. The van der Waals surface area contributed by atoms with E-state index in [1.165, 1.54) is 0 Å². The number of ether oxygens (including phenoxy) is 1. The standard InChI is InChI=1S/C16H24N4O2/c17-16(6-1-2-7-16)15(21)19-10-13-5-8-18-14(20-13)12-4-3-9-22-11-12/h5,8,12H,1-4,6-7,9-11,17H2,(H,19,21)/t12-/m1/s1. The van der Waals surface area contributed by atoms with E-state index in [1.54, 1.807) is 6.20 Å². The summed E-state index contributed by atoms with van der Waals surface area (Å²) in [6.07, 6.45) is 7.46. The Labute approximate surface area is 130 Å². The topological polar surface area (TPSA) is 90.1 Å². The summed E-state index contributed by atoms with van der Waals surface area (Å²) in [7, 11) is 0. The number of hydrogen-bond donors (Lipinski definition) is 2. The molecule has 1 saturated carbocycles. The molecule has 1 aliphatic carbocycles. The third-order valence-electron chi connectivity index (χ3n) is 4.64. The lowest BCUT2D eigenvalue weighted by molar-refractivity contribution is -0.126. The van der Waals surface area contributed by atoms with Gasteiger partial charge in [-0.3, -0.25) is 4.79 Å². The molecular formula is C16H24N4O2. The third kappa shape index (κ3) is 3.44. The van der Waals surface area contributed by atoms with Crippen LogP contribution in [0.25, 0.3) is 0 Å². The van der Waals surface area contributed by atoms with Crippen molar-refractivity contribution in [1.82, 2.24) is 15.3 Å².